The molecule has 1 saturated heterocycles. The Morgan fingerprint density at radius 2 is 1.92 bits per heavy atom. The Morgan fingerprint density at radius 1 is 1.19 bits per heavy atom. The molecule has 1 heterocycles. The van der Waals surface area contributed by atoms with Crippen LogP contribution < -0.4 is 0 Å². The first kappa shape index (κ1) is 20.3. The Bertz CT molecular complexity index is 601. The smallest absolute Gasteiger partial charge is 0.332 e. The van der Waals surface area contributed by atoms with Gasteiger partial charge in [-0.3, -0.25) is 9.69 Å². The van der Waals surface area contributed by atoms with E-state index in [9.17, 15) is 14.7 Å². The third-order valence-electron chi connectivity index (χ3n) is 5.03. The Hall–Kier alpha value is -1.98. The lowest BCUT2D eigenvalue weighted by atomic mass is 9.90. The standard InChI is InChI=1S/C21H29NO4/c1-2-19(23)21(20(24)25)13-10-15-22(21)14-8-3-4-9-16-26-17-18-11-6-5-7-12-18/h2,5-7,11-12H,1,3-4,8-10,13-17H2,(H,24,25)/t21-/m0/s1. The number of carboxylic acids is 1. The minimum absolute atomic E-state index is 0.376. The topological polar surface area (TPSA) is 66.8 Å². The van der Waals surface area contributed by atoms with E-state index in [1.165, 1.54) is 5.56 Å². The minimum Gasteiger partial charge on any atom is -0.480 e. The van der Waals surface area contributed by atoms with Gasteiger partial charge in [-0.05, 0) is 50.4 Å². The van der Waals surface area contributed by atoms with Crippen molar-refractivity contribution in [2.75, 3.05) is 19.7 Å². The van der Waals surface area contributed by atoms with Crippen LogP contribution in [0.1, 0.15) is 44.1 Å². The summed E-state index contributed by atoms with van der Waals surface area (Å²) in [4.78, 5) is 25.7. The van der Waals surface area contributed by atoms with E-state index in [1.54, 1.807) is 0 Å². The van der Waals surface area contributed by atoms with Gasteiger partial charge >= 0.3 is 5.97 Å². The van der Waals surface area contributed by atoms with Crippen LogP contribution in [0, 0.1) is 0 Å². The molecule has 5 nitrogen and oxygen atoms in total. The van der Waals surface area contributed by atoms with E-state index in [4.69, 9.17) is 4.74 Å². The van der Waals surface area contributed by atoms with Gasteiger partial charge in [-0.15, -0.1) is 0 Å². The van der Waals surface area contributed by atoms with Crippen LogP contribution in [-0.2, 0) is 20.9 Å². The normalized spacial score (nSPS) is 20.2. The molecule has 2 rings (SSSR count). The lowest BCUT2D eigenvalue weighted by Gasteiger charge is -2.32. The maximum absolute atomic E-state index is 12.2. The fraction of sp³-hybridized carbons (Fsp3) is 0.524. The van der Waals surface area contributed by atoms with E-state index in [-0.39, 0.29) is 0 Å². The summed E-state index contributed by atoms with van der Waals surface area (Å²) in [5.74, 6) is -1.44. The van der Waals surface area contributed by atoms with Gasteiger partial charge in [-0.25, -0.2) is 4.79 Å². The number of carboxylic acid groups (broad SMARTS) is 1. The number of carbonyl (C=O) groups excluding carboxylic acids is 1. The van der Waals surface area contributed by atoms with Crippen LogP contribution in [0.3, 0.4) is 0 Å². The van der Waals surface area contributed by atoms with Crippen molar-refractivity contribution in [3.05, 3.63) is 48.6 Å². The number of nitrogens with zero attached hydrogens (tertiary/aromatic N) is 1. The van der Waals surface area contributed by atoms with Crippen LogP contribution in [0.2, 0.25) is 0 Å². The number of ether oxygens (including phenoxy) is 1. The Kier molecular flexibility index (Phi) is 8.01. The summed E-state index contributed by atoms with van der Waals surface area (Å²) in [5, 5.41) is 9.60. The SMILES string of the molecule is C=CC(=O)[C@]1(C(=O)O)CCCN1CCCCCCOCc1ccccc1. The third-order valence-corrected chi connectivity index (χ3v) is 5.03. The molecule has 1 aliphatic rings. The molecule has 0 unspecified atom stereocenters. The van der Waals surface area contributed by atoms with Gasteiger partial charge in [0.15, 0.2) is 11.3 Å². The number of aliphatic carboxylic acids is 1. The van der Waals surface area contributed by atoms with Crippen molar-refractivity contribution in [2.24, 2.45) is 0 Å². The quantitative estimate of drug-likeness (QED) is 0.352. The van der Waals surface area contributed by atoms with Crippen molar-refractivity contribution < 1.29 is 19.4 Å². The van der Waals surface area contributed by atoms with Gasteiger partial charge in [0.25, 0.3) is 0 Å². The Labute approximate surface area is 155 Å². The largest absolute Gasteiger partial charge is 0.480 e. The summed E-state index contributed by atoms with van der Waals surface area (Å²) in [6, 6.07) is 10.1. The molecule has 0 saturated carbocycles. The predicted molar refractivity (Wildman–Crippen MR) is 101 cm³/mol. The predicted octanol–water partition coefficient (Wildman–Crippen LogP) is 3.44. The molecule has 5 heteroatoms. The molecular weight excluding hydrogens is 330 g/mol. The summed E-state index contributed by atoms with van der Waals surface area (Å²) in [5.41, 5.74) is -0.209. The maximum atomic E-state index is 12.2. The zero-order valence-electron chi connectivity index (χ0n) is 15.4. The molecular formula is C21H29NO4. The number of ketones is 1. The van der Waals surface area contributed by atoms with Crippen molar-refractivity contribution in [2.45, 2.75) is 50.7 Å². The second-order valence-electron chi connectivity index (χ2n) is 6.78. The second-order valence-corrected chi connectivity index (χ2v) is 6.78. The number of carbonyl (C=O) groups is 2. The highest BCUT2D eigenvalue weighted by molar-refractivity contribution is 6.13. The first-order chi connectivity index (χ1) is 12.6. The first-order valence-corrected chi connectivity index (χ1v) is 9.38. The fourth-order valence-corrected chi connectivity index (χ4v) is 3.60. The molecule has 1 aromatic carbocycles. The fourth-order valence-electron chi connectivity index (χ4n) is 3.60. The second kappa shape index (κ2) is 10.2. The molecule has 0 bridgehead atoms. The number of likely N-dealkylation sites (tertiary alicyclic amines) is 1. The summed E-state index contributed by atoms with van der Waals surface area (Å²) < 4.78 is 5.67. The molecule has 142 valence electrons. The molecule has 1 N–H and O–H groups in total. The lowest BCUT2D eigenvalue weighted by molar-refractivity contribution is -0.154. The van der Waals surface area contributed by atoms with E-state index in [0.29, 0.717) is 26.1 Å². The van der Waals surface area contributed by atoms with Gasteiger partial charge in [0, 0.05) is 6.61 Å². The maximum Gasteiger partial charge on any atom is 0.332 e. The van der Waals surface area contributed by atoms with Gasteiger partial charge in [0.05, 0.1) is 6.61 Å². The van der Waals surface area contributed by atoms with Gasteiger partial charge in [0.1, 0.15) is 0 Å². The number of rotatable bonds is 12. The van der Waals surface area contributed by atoms with Crippen LogP contribution in [-0.4, -0.2) is 47.0 Å². The lowest BCUT2D eigenvalue weighted by Crippen LogP contribution is -2.56. The first-order valence-electron chi connectivity index (χ1n) is 9.38. The highest BCUT2D eigenvalue weighted by Crippen LogP contribution is 2.31. The molecule has 1 fully saturated rings. The Morgan fingerprint density at radius 3 is 2.62 bits per heavy atom. The monoisotopic (exact) mass is 359 g/mol. The highest BCUT2D eigenvalue weighted by atomic mass is 16.5. The van der Waals surface area contributed by atoms with Gasteiger partial charge < -0.3 is 9.84 Å². The average molecular weight is 359 g/mol. The molecule has 0 spiro atoms. The van der Waals surface area contributed by atoms with Crippen LogP contribution in [0.5, 0.6) is 0 Å². The summed E-state index contributed by atoms with van der Waals surface area (Å²) in [7, 11) is 0. The molecule has 0 amide bonds. The molecule has 1 aliphatic heterocycles. The molecule has 1 atom stereocenters. The van der Waals surface area contributed by atoms with Crippen LogP contribution in [0.4, 0.5) is 0 Å². The number of hydrogen-bond donors (Lipinski definition) is 1. The van der Waals surface area contributed by atoms with E-state index < -0.39 is 17.3 Å². The van der Waals surface area contributed by atoms with Crippen molar-refractivity contribution in [3.8, 4) is 0 Å². The average Bonchev–Trinajstić information content (AvgIpc) is 3.09. The molecule has 0 aliphatic carbocycles. The minimum atomic E-state index is -1.39. The summed E-state index contributed by atoms with van der Waals surface area (Å²) >= 11 is 0. The van der Waals surface area contributed by atoms with Crippen molar-refractivity contribution in [1.82, 2.24) is 4.90 Å². The van der Waals surface area contributed by atoms with Crippen molar-refractivity contribution >= 4 is 11.8 Å². The number of benzene rings is 1. The van der Waals surface area contributed by atoms with Crippen molar-refractivity contribution in [1.29, 1.82) is 0 Å². The molecule has 26 heavy (non-hydrogen) atoms. The van der Waals surface area contributed by atoms with Crippen LogP contribution in [0.25, 0.3) is 0 Å². The number of unbranched alkanes of at least 4 members (excludes halogenated alkanes) is 3. The summed E-state index contributed by atoms with van der Waals surface area (Å²) in [6.45, 7) is 6.14. The van der Waals surface area contributed by atoms with Gasteiger partial charge in [0.2, 0.25) is 0 Å². The van der Waals surface area contributed by atoms with E-state index in [1.807, 2.05) is 23.1 Å². The van der Waals surface area contributed by atoms with E-state index in [2.05, 4.69) is 18.7 Å². The van der Waals surface area contributed by atoms with Gasteiger partial charge in [-0.2, -0.15) is 0 Å². The van der Waals surface area contributed by atoms with Crippen molar-refractivity contribution in [3.63, 3.8) is 0 Å². The third kappa shape index (κ3) is 5.02. The highest BCUT2D eigenvalue weighted by Gasteiger charge is 2.52. The van der Waals surface area contributed by atoms with Crippen LogP contribution in [0.15, 0.2) is 43.0 Å². The molecule has 0 radical (unpaired) electrons. The summed E-state index contributed by atoms with van der Waals surface area (Å²) in [6.07, 6.45) is 6.18. The molecule has 0 aromatic heterocycles. The van der Waals surface area contributed by atoms with Crippen LogP contribution >= 0.6 is 0 Å². The zero-order valence-corrected chi connectivity index (χ0v) is 15.4. The Balaban J connectivity index is 1.63. The van der Waals surface area contributed by atoms with Gasteiger partial charge in [-0.1, -0.05) is 49.8 Å². The van der Waals surface area contributed by atoms with E-state index >= 15 is 0 Å². The zero-order chi connectivity index (χ0) is 18.8. The number of hydrogen-bond acceptors (Lipinski definition) is 4. The van der Waals surface area contributed by atoms with E-state index in [0.717, 1.165) is 44.8 Å². The molecule has 1 aromatic rings.